The lowest BCUT2D eigenvalue weighted by molar-refractivity contribution is -0.122. The molecule has 0 N–H and O–H groups in total. The predicted molar refractivity (Wildman–Crippen MR) is 77.2 cm³/mol. The van der Waals surface area contributed by atoms with E-state index in [-0.39, 0.29) is 5.92 Å². The van der Waals surface area contributed by atoms with E-state index in [1.807, 2.05) is 24.3 Å². The average molecular weight is 250 g/mol. The molecular weight excluding hydrogens is 232 g/mol. The molecule has 1 nitrogen and oxygen atoms in total. The fraction of sp³-hybridized carbons (Fsp3) is 0.278. The van der Waals surface area contributed by atoms with Gasteiger partial charge in [0.25, 0.3) is 0 Å². The Labute approximate surface area is 114 Å². The van der Waals surface area contributed by atoms with Crippen LogP contribution in [0.5, 0.6) is 0 Å². The predicted octanol–water partition coefficient (Wildman–Crippen LogP) is 4.31. The number of Topliss-reactive ketones (excluding diaryl/α,β-unsaturated/α-hetero) is 1. The molecule has 1 fully saturated rings. The van der Waals surface area contributed by atoms with E-state index in [2.05, 4.69) is 36.4 Å². The Hall–Kier alpha value is -1.89. The van der Waals surface area contributed by atoms with Crippen molar-refractivity contribution in [2.24, 2.45) is 0 Å². The number of hydrogen-bond acceptors (Lipinski definition) is 1. The maximum Gasteiger partial charge on any atom is 0.140 e. The number of carbonyl (C=O) groups is 1. The Balaban J connectivity index is 1.84. The molecule has 2 aromatic rings. The van der Waals surface area contributed by atoms with Gasteiger partial charge in [-0.2, -0.15) is 0 Å². The number of hydrogen-bond donors (Lipinski definition) is 0. The summed E-state index contributed by atoms with van der Waals surface area (Å²) in [7, 11) is 0. The SMILES string of the molecule is O=C1CC[C@H](c2ccccc2)C[C@@H]1c1ccccc1. The molecule has 0 amide bonds. The van der Waals surface area contributed by atoms with Gasteiger partial charge in [0.1, 0.15) is 5.78 Å². The maximum atomic E-state index is 12.2. The quantitative estimate of drug-likeness (QED) is 0.776. The fourth-order valence-corrected chi connectivity index (χ4v) is 3.06. The van der Waals surface area contributed by atoms with Crippen molar-refractivity contribution < 1.29 is 4.79 Å². The van der Waals surface area contributed by atoms with Crippen LogP contribution < -0.4 is 0 Å². The highest BCUT2D eigenvalue weighted by Gasteiger charge is 2.30. The summed E-state index contributed by atoms with van der Waals surface area (Å²) in [4.78, 5) is 12.2. The second-order valence-corrected chi connectivity index (χ2v) is 5.31. The third-order valence-corrected chi connectivity index (χ3v) is 4.12. The van der Waals surface area contributed by atoms with Crippen molar-refractivity contribution in [2.45, 2.75) is 31.1 Å². The van der Waals surface area contributed by atoms with E-state index in [4.69, 9.17) is 0 Å². The number of rotatable bonds is 2. The van der Waals surface area contributed by atoms with E-state index in [1.165, 1.54) is 11.1 Å². The second kappa shape index (κ2) is 5.40. The molecule has 0 bridgehead atoms. The molecule has 0 aromatic heterocycles. The molecule has 2 aromatic carbocycles. The topological polar surface area (TPSA) is 17.1 Å². The summed E-state index contributed by atoms with van der Waals surface area (Å²) in [5.41, 5.74) is 2.55. The molecule has 2 atom stereocenters. The van der Waals surface area contributed by atoms with Crippen LogP contribution in [-0.2, 0) is 4.79 Å². The zero-order valence-electron chi connectivity index (χ0n) is 11.0. The first kappa shape index (κ1) is 12.2. The smallest absolute Gasteiger partial charge is 0.140 e. The minimum Gasteiger partial charge on any atom is -0.299 e. The van der Waals surface area contributed by atoms with Crippen LogP contribution in [0, 0.1) is 0 Å². The van der Waals surface area contributed by atoms with Gasteiger partial charge in [-0.15, -0.1) is 0 Å². The zero-order valence-corrected chi connectivity index (χ0v) is 11.0. The summed E-state index contributed by atoms with van der Waals surface area (Å²) in [6.07, 6.45) is 2.65. The largest absolute Gasteiger partial charge is 0.299 e. The van der Waals surface area contributed by atoms with Crippen molar-refractivity contribution in [1.29, 1.82) is 0 Å². The van der Waals surface area contributed by atoms with Crippen molar-refractivity contribution in [3.8, 4) is 0 Å². The Morgan fingerprint density at radius 1 is 0.789 bits per heavy atom. The Morgan fingerprint density at radius 2 is 1.37 bits per heavy atom. The van der Waals surface area contributed by atoms with Crippen LogP contribution >= 0.6 is 0 Å². The molecule has 1 heteroatoms. The van der Waals surface area contributed by atoms with E-state index >= 15 is 0 Å². The number of benzene rings is 2. The molecule has 0 spiro atoms. The van der Waals surface area contributed by atoms with Crippen LogP contribution in [0.1, 0.15) is 42.2 Å². The minimum absolute atomic E-state index is 0.0835. The van der Waals surface area contributed by atoms with Crippen LogP contribution in [-0.4, -0.2) is 5.78 Å². The van der Waals surface area contributed by atoms with Crippen molar-refractivity contribution in [3.63, 3.8) is 0 Å². The molecule has 3 rings (SSSR count). The summed E-state index contributed by atoms with van der Waals surface area (Å²) in [6, 6.07) is 20.8. The van der Waals surface area contributed by atoms with Crippen LogP contribution in [0.2, 0.25) is 0 Å². The molecule has 0 radical (unpaired) electrons. The van der Waals surface area contributed by atoms with Gasteiger partial charge in [-0.05, 0) is 29.9 Å². The highest BCUT2D eigenvalue weighted by molar-refractivity contribution is 5.86. The van der Waals surface area contributed by atoms with Crippen LogP contribution in [0.15, 0.2) is 60.7 Å². The third kappa shape index (κ3) is 2.60. The highest BCUT2D eigenvalue weighted by atomic mass is 16.1. The fourth-order valence-electron chi connectivity index (χ4n) is 3.06. The van der Waals surface area contributed by atoms with Crippen molar-refractivity contribution in [1.82, 2.24) is 0 Å². The van der Waals surface area contributed by atoms with Crippen LogP contribution in [0.4, 0.5) is 0 Å². The Morgan fingerprint density at radius 3 is 2.00 bits per heavy atom. The first-order chi connectivity index (χ1) is 9.34. The normalized spacial score (nSPS) is 23.3. The summed E-state index contributed by atoms with van der Waals surface area (Å²) >= 11 is 0. The van der Waals surface area contributed by atoms with Crippen LogP contribution in [0.3, 0.4) is 0 Å². The van der Waals surface area contributed by atoms with E-state index < -0.39 is 0 Å². The van der Waals surface area contributed by atoms with Gasteiger partial charge in [-0.25, -0.2) is 0 Å². The van der Waals surface area contributed by atoms with Gasteiger partial charge >= 0.3 is 0 Å². The van der Waals surface area contributed by atoms with Gasteiger partial charge in [-0.3, -0.25) is 4.79 Å². The van der Waals surface area contributed by atoms with Gasteiger partial charge < -0.3 is 0 Å². The first-order valence-electron chi connectivity index (χ1n) is 6.97. The van der Waals surface area contributed by atoms with Gasteiger partial charge in [0.15, 0.2) is 0 Å². The van der Waals surface area contributed by atoms with Gasteiger partial charge in [0.05, 0.1) is 0 Å². The summed E-state index contributed by atoms with van der Waals surface area (Å²) in [5, 5.41) is 0. The molecular formula is C18H18O. The number of carbonyl (C=O) groups excluding carboxylic acids is 1. The lowest BCUT2D eigenvalue weighted by Gasteiger charge is -2.28. The van der Waals surface area contributed by atoms with E-state index in [1.54, 1.807) is 0 Å². The van der Waals surface area contributed by atoms with Crippen molar-refractivity contribution in [2.75, 3.05) is 0 Å². The average Bonchev–Trinajstić information content (AvgIpc) is 2.49. The third-order valence-electron chi connectivity index (χ3n) is 4.12. The monoisotopic (exact) mass is 250 g/mol. The lowest BCUT2D eigenvalue weighted by atomic mass is 9.74. The molecule has 1 saturated carbocycles. The maximum absolute atomic E-state index is 12.2. The molecule has 19 heavy (non-hydrogen) atoms. The zero-order chi connectivity index (χ0) is 13.1. The van der Waals surface area contributed by atoms with Gasteiger partial charge in [0.2, 0.25) is 0 Å². The van der Waals surface area contributed by atoms with Crippen molar-refractivity contribution >= 4 is 5.78 Å². The molecule has 1 aliphatic rings. The standard InChI is InChI=1S/C18H18O/c19-18-12-11-16(14-7-3-1-4-8-14)13-17(18)15-9-5-2-6-10-15/h1-10,16-17H,11-13H2/t16-,17+/m0/s1. The first-order valence-corrected chi connectivity index (χ1v) is 6.97. The van der Waals surface area contributed by atoms with Gasteiger partial charge in [0, 0.05) is 12.3 Å². The van der Waals surface area contributed by atoms with E-state index in [9.17, 15) is 4.79 Å². The summed E-state index contributed by atoms with van der Waals surface area (Å²) in [5.74, 6) is 1.00. The molecule has 0 heterocycles. The van der Waals surface area contributed by atoms with E-state index in [0.29, 0.717) is 18.1 Å². The van der Waals surface area contributed by atoms with Crippen LogP contribution in [0.25, 0.3) is 0 Å². The molecule has 1 aliphatic carbocycles. The second-order valence-electron chi connectivity index (χ2n) is 5.31. The minimum atomic E-state index is 0.0835. The molecule has 96 valence electrons. The lowest BCUT2D eigenvalue weighted by Crippen LogP contribution is -2.22. The highest BCUT2D eigenvalue weighted by Crippen LogP contribution is 2.39. The van der Waals surface area contributed by atoms with E-state index in [0.717, 1.165) is 12.8 Å². The van der Waals surface area contributed by atoms with Crippen molar-refractivity contribution in [3.05, 3.63) is 71.8 Å². The molecule has 0 aliphatic heterocycles. The number of ketones is 1. The Bertz CT molecular complexity index is 544. The molecule has 0 saturated heterocycles. The van der Waals surface area contributed by atoms with Gasteiger partial charge in [-0.1, -0.05) is 60.7 Å². The Kier molecular flexibility index (Phi) is 3.45. The summed E-state index contributed by atoms with van der Waals surface area (Å²) in [6.45, 7) is 0. The molecule has 0 unspecified atom stereocenters. The summed E-state index contributed by atoms with van der Waals surface area (Å²) < 4.78 is 0.